The van der Waals surface area contributed by atoms with Gasteiger partial charge in [-0.25, -0.2) is 0 Å². The summed E-state index contributed by atoms with van der Waals surface area (Å²) in [4.78, 5) is 15.1. The molecule has 1 fully saturated rings. The lowest BCUT2D eigenvalue weighted by Crippen LogP contribution is -2.27. The SMILES string of the molecule is CCOc1cc(Br)c(/C=C2/SC(=S)N(c3cccc(C)c3)C2=O)cc1OC. The maximum absolute atomic E-state index is 12.9. The first-order valence-electron chi connectivity index (χ1n) is 8.29. The first-order valence-corrected chi connectivity index (χ1v) is 10.3. The predicted octanol–water partition coefficient (Wildman–Crippen LogP) is 5.57. The van der Waals surface area contributed by atoms with Gasteiger partial charge in [0, 0.05) is 4.47 Å². The van der Waals surface area contributed by atoms with E-state index < -0.39 is 0 Å². The first-order chi connectivity index (χ1) is 12.9. The van der Waals surface area contributed by atoms with Crippen molar-refractivity contribution in [2.75, 3.05) is 18.6 Å². The summed E-state index contributed by atoms with van der Waals surface area (Å²) in [6.45, 7) is 4.44. The molecule has 140 valence electrons. The van der Waals surface area contributed by atoms with Gasteiger partial charge in [-0.05, 0) is 55.3 Å². The van der Waals surface area contributed by atoms with Gasteiger partial charge in [0.25, 0.3) is 5.91 Å². The summed E-state index contributed by atoms with van der Waals surface area (Å²) < 4.78 is 12.3. The summed E-state index contributed by atoms with van der Waals surface area (Å²) in [6.07, 6.45) is 1.82. The number of benzene rings is 2. The van der Waals surface area contributed by atoms with Crippen molar-refractivity contribution in [2.24, 2.45) is 0 Å². The predicted molar refractivity (Wildman–Crippen MR) is 119 cm³/mol. The monoisotopic (exact) mass is 463 g/mol. The van der Waals surface area contributed by atoms with E-state index in [0.717, 1.165) is 21.3 Å². The van der Waals surface area contributed by atoms with Crippen molar-refractivity contribution in [2.45, 2.75) is 13.8 Å². The van der Waals surface area contributed by atoms with E-state index in [9.17, 15) is 4.79 Å². The molecule has 4 nitrogen and oxygen atoms in total. The molecule has 0 saturated carbocycles. The zero-order valence-corrected chi connectivity index (χ0v) is 18.3. The highest BCUT2D eigenvalue weighted by atomic mass is 79.9. The summed E-state index contributed by atoms with van der Waals surface area (Å²) >= 11 is 10.3. The number of halogens is 1. The van der Waals surface area contributed by atoms with Crippen LogP contribution < -0.4 is 14.4 Å². The topological polar surface area (TPSA) is 38.8 Å². The maximum atomic E-state index is 12.9. The fourth-order valence-corrected chi connectivity index (χ4v) is 4.41. The van der Waals surface area contributed by atoms with Crippen LogP contribution in [-0.2, 0) is 4.79 Å². The fraction of sp³-hybridized carbons (Fsp3) is 0.200. The molecule has 0 radical (unpaired) electrons. The molecular weight excluding hydrogens is 446 g/mol. The second-order valence-corrected chi connectivity index (χ2v) is 8.34. The Hall–Kier alpha value is -1.83. The highest BCUT2D eigenvalue weighted by Crippen LogP contribution is 2.39. The maximum Gasteiger partial charge on any atom is 0.270 e. The van der Waals surface area contributed by atoms with Gasteiger partial charge in [-0.15, -0.1) is 0 Å². The fourth-order valence-electron chi connectivity index (χ4n) is 2.69. The Morgan fingerprint density at radius 1 is 1.26 bits per heavy atom. The lowest BCUT2D eigenvalue weighted by Gasteiger charge is -2.15. The van der Waals surface area contributed by atoms with E-state index in [2.05, 4.69) is 15.9 Å². The quantitative estimate of drug-likeness (QED) is 0.427. The van der Waals surface area contributed by atoms with Gasteiger partial charge in [-0.1, -0.05) is 52.0 Å². The van der Waals surface area contributed by atoms with Crippen LogP contribution in [0.25, 0.3) is 6.08 Å². The molecule has 0 unspecified atom stereocenters. The lowest BCUT2D eigenvalue weighted by molar-refractivity contribution is -0.113. The van der Waals surface area contributed by atoms with Crippen LogP contribution in [0.4, 0.5) is 5.69 Å². The molecule has 27 heavy (non-hydrogen) atoms. The lowest BCUT2D eigenvalue weighted by atomic mass is 10.1. The Labute approximate surface area is 176 Å². The largest absolute Gasteiger partial charge is 0.493 e. The summed E-state index contributed by atoms with van der Waals surface area (Å²) in [7, 11) is 1.59. The molecule has 1 aliphatic heterocycles. The van der Waals surface area contributed by atoms with E-state index in [1.54, 1.807) is 12.0 Å². The van der Waals surface area contributed by atoms with Crippen LogP contribution in [0.1, 0.15) is 18.1 Å². The number of anilines is 1. The number of thioether (sulfide) groups is 1. The Balaban J connectivity index is 1.96. The number of hydrogen-bond acceptors (Lipinski definition) is 5. The van der Waals surface area contributed by atoms with Crippen LogP contribution in [0.3, 0.4) is 0 Å². The third-order valence-corrected chi connectivity index (χ3v) is 5.91. The van der Waals surface area contributed by atoms with E-state index in [0.29, 0.717) is 27.3 Å². The van der Waals surface area contributed by atoms with Crippen LogP contribution in [0.5, 0.6) is 11.5 Å². The summed E-state index contributed by atoms with van der Waals surface area (Å²) in [5, 5.41) is 0. The molecule has 2 aromatic rings. The van der Waals surface area contributed by atoms with Gasteiger partial charge in [0.15, 0.2) is 15.8 Å². The Kier molecular flexibility index (Phi) is 6.24. The van der Waals surface area contributed by atoms with Crippen molar-refractivity contribution < 1.29 is 14.3 Å². The Morgan fingerprint density at radius 3 is 2.70 bits per heavy atom. The van der Waals surface area contributed by atoms with Crippen molar-refractivity contribution in [3.8, 4) is 11.5 Å². The number of methoxy groups -OCH3 is 1. The highest BCUT2D eigenvalue weighted by molar-refractivity contribution is 9.10. The van der Waals surface area contributed by atoms with Gasteiger partial charge >= 0.3 is 0 Å². The molecule has 0 aromatic heterocycles. The second-order valence-electron chi connectivity index (χ2n) is 5.81. The van der Waals surface area contributed by atoms with Gasteiger partial charge in [0.2, 0.25) is 0 Å². The van der Waals surface area contributed by atoms with Crippen molar-refractivity contribution in [3.05, 3.63) is 56.9 Å². The third-order valence-electron chi connectivity index (χ3n) is 3.92. The number of carbonyl (C=O) groups is 1. The van der Waals surface area contributed by atoms with Crippen LogP contribution in [0, 0.1) is 6.92 Å². The Morgan fingerprint density at radius 2 is 2.04 bits per heavy atom. The average Bonchev–Trinajstić information content (AvgIpc) is 2.91. The molecule has 3 rings (SSSR count). The van der Waals surface area contributed by atoms with Gasteiger partial charge in [-0.3, -0.25) is 9.69 Å². The van der Waals surface area contributed by atoms with Crippen LogP contribution in [0.2, 0.25) is 0 Å². The first kappa shape index (κ1) is 19.9. The second kappa shape index (κ2) is 8.46. The summed E-state index contributed by atoms with van der Waals surface area (Å²) in [5.74, 6) is 1.13. The van der Waals surface area contributed by atoms with E-state index in [1.807, 2.05) is 56.3 Å². The van der Waals surface area contributed by atoms with Crippen molar-refractivity contribution >= 4 is 61.9 Å². The van der Waals surface area contributed by atoms with Crippen molar-refractivity contribution in [1.82, 2.24) is 0 Å². The number of nitrogens with zero attached hydrogens (tertiary/aromatic N) is 1. The average molecular weight is 464 g/mol. The minimum atomic E-state index is -0.129. The zero-order valence-electron chi connectivity index (χ0n) is 15.1. The Bertz CT molecular complexity index is 943. The number of ether oxygens (including phenoxy) is 2. The molecule has 1 amide bonds. The normalized spacial score (nSPS) is 15.6. The standard InChI is InChI=1S/C20H18BrNO3S2/c1-4-25-17-11-15(21)13(9-16(17)24-3)10-18-19(23)22(20(26)27-18)14-7-5-6-12(2)8-14/h5-11H,4H2,1-3H3/b18-10+. The minimum Gasteiger partial charge on any atom is -0.493 e. The van der Waals surface area contributed by atoms with E-state index >= 15 is 0 Å². The number of carbonyl (C=O) groups excluding carboxylic acids is 1. The van der Waals surface area contributed by atoms with Gasteiger partial charge in [-0.2, -0.15) is 0 Å². The zero-order chi connectivity index (χ0) is 19.6. The van der Waals surface area contributed by atoms with Gasteiger partial charge < -0.3 is 9.47 Å². The number of rotatable bonds is 5. The van der Waals surface area contributed by atoms with Crippen LogP contribution in [-0.4, -0.2) is 23.9 Å². The number of amides is 1. The summed E-state index contributed by atoms with van der Waals surface area (Å²) in [5.41, 5.74) is 2.67. The van der Waals surface area contributed by atoms with Gasteiger partial charge in [0.05, 0.1) is 24.3 Å². The molecule has 0 atom stereocenters. The van der Waals surface area contributed by atoms with E-state index in [4.69, 9.17) is 21.7 Å². The van der Waals surface area contributed by atoms with Crippen molar-refractivity contribution in [1.29, 1.82) is 0 Å². The molecule has 7 heteroatoms. The minimum absolute atomic E-state index is 0.129. The van der Waals surface area contributed by atoms with Crippen molar-refractivity contribution in [3.63, 3.8) is 0 Å². The number of aryl methyl sites for hydroxylation is 1. The van der Waals surface area contributed by atoms with E-state index in [-0.39, 0.29) is 5.91 Å². The summed E-state index contributed by atoms with van der Waals surface area (Å²) in [6, 6.07) is 11.4. The molecular formula is C20H18BrNO3S2. The smallest absolute Gasteiger partial charge is 0.270 e. The molecule has 0 bridgehead atoms. The third kappa shape index (κ3) is 4.20. The highest BCUT2D eigenvalue weighted by Gasteiger charge is 2.33. The van der Waals surface area contributed by atoms with Crippen LogP contribution in [0.15, 0.2) is 45.8 Å². The van der Waals surface area contributed by atoms with Gasteiger partial charge in [0.1, 0.15) is 0 Å². The molecule has 1 aliphatic rings. The molecule has 0 spiro atoms. The molecule has 2 aromatic carbocycles. The van der Waals surface area contributed by atoms with Crippen LogP contribution >= 0.6 is 39.9 Å². The molecule has 0 aliphatic carbocycles. The van der Waals surface area contributed by atoms with E-state index in [1.165, 1.54) is 11.8 Å². The molecule has 0 N–H and O–H groups in total. The molecule has 1 saturated heterocycles. The molecule has 1 heterocycles. The number of thiocarbonyl (C=S) groups is 1. The number of hydrogen-bond donors (Lipinski definition) is 0.